The molecule has 0 fully saturated rings. The molecule has 0 bridgehead atoms. The Bertz CT molecular complexity index is 355. The number of hydrogen-bond donors (Lipinski definition) is 1. The molecule has 0 amide bonds. The molecule has 108 valence electrons. The van der Waals surface area contributed by atoms with Crippen LogP contribution in [-0.4, -0.2) is 34.0 Å². The van der Waals surface area contributed by atoms with Gasteiger partial charge < -0.3 is 19.5 Å². The van der Waals surface area contributed by atoms with Crippen molar-refractivity contribution >= 4 is 0 Å². The standard InChI is InChI=1S/C15H25NO3/c1-4-9-16-12-13-7-5-8-14(18-3)15(13)19-11-6-10-17-2/h5,7-8,16H,4,6,9-12H2,1-3H3. The van der Waals surface area contributed by atoms with E-state index in [9.17, 15) is 0 Å². The SMILES string of the molecule is CCCNCc1cccc(OC)c1OCCCOC. The molecule has 0 aliphatic rings. The Hall–Kier alpha value is -1.26. The first-order valence-electron chi connectivity index (χ1n) is 6.81. The molecule has 0 saturated heterocycles. The van der Waals surface area contributed by atoms with Crippen LogP contribution in [0.15, 0.2) is 18.2 Å². The molecule has 1 N–H and O–H groups in total. The first-order chi connectivity index (χ1) is 9.33. The predicted octanol–water partition coefficient (Wildman–Crippen LogP) is 2.61. The molecule has 0 aliphatic carbocycles. The Morgan fingerprint density at radius 3 is 2.68 bits per heavy atom. The molecular weight excluding hydrogens is 242 g/mol. The second kappa shape index (κ2) is 9.64. The van der Waals surface area contributed by atoms with Crippen LogP contribution in [0.5, 0.6) is 11.5 Å². The molecule has 4 heteroatoms. The minimum absolute atomic E-state index is 0.634. The predicted molar refractivity (Wildman–Crippen MR) is 77.0 cm³/mol. The van der Waals surface area contributed by atoms with E-state index in [0.717, 1.165) is 43.0 Å². The van der Waals surface area contributed by atoms with E-state index in [1.165, 1.54) is 0 Å². The van der Waals surface area contributed by atoms with Crippen LogP contribution in [0.1, 0.15) is 25.3 Å². The monoisotopic (exact) mass is 267 g/mol. The first-order valence-corrected chi connectivity index (χ1v) is 6.81. The highest BCUT2D eigenvalue weighted by atomic mass is 16.5. The smallest absolute Gasteiger partial charge is 0.165 e. The van der Waals surface area contributed by atoms with E-state index in [1.807, 2.05) is 12.1 Å². The van der Waals surface area contributed by atoms with Crippen LogP contribution in [0.2, 0.25) is 0 Å². The van der Waals surface area contributed by atoms with Crippen molar-refractivity contribution in [3.8, 4) is 11.5 Å². The average Bonchev–Trinajstić information content (AvgIpc) is 2.44. The lowest BCUT2D eigenvalue weighted by Crippen LogP contribution is -2.15. The van der Waals surface area contributed by atoms with Crippen molar-refractivity contribution in [3.63, 3.8) is 0 Å². The maximum Gasteiger partial charge on any atom is 0.165 e. The van der Waals surface area contributed by atoms with Gasteiger partial charge in [-0.1, -0.05) is 19.1 Å². The van der Waals surface area contributed by atoms with Crippen LogP contribution in [0, 0.1) is 0 Å². The molecule has 0 atom stereocenters. The van der Waals surface area contributed by atoms with E-state index in [2.05, 4.69) is 18.3 Å². The number of nitrogens with one attached hydrogen (secondary N) is 1. The van der Waals surface area contributed by atoms with Gasteiger partial charge in [0.25, 0.3) is 0 Å². The van der Waals surface area contributed by atoms with Gasteiger partial charge in [-0.05, 0) is 19.0 Å². The third-order valence-corrected chi connectivity index (χ3v) is 2.76. The fraction of sp³-hybridized carbons (Fsp3) is 0.600. The Morgan fingerprint density at radius 2 is 2.00 bits per heavy atom. The summed E-state index contributed by atoms with van der Waals surface area (Å²) in [6, 6.07) is 5.98. The van der Waals surface area contributed by atoms with Gasteiger partial charge in [-0.15, -0.1) is 0 Å². The number of benzene rings is 1. The fourth-order valence-electron chi connectivity index (χ4n) is 1.80. The Labute approximate surface area is 116 Å². The summed E-state index contributed by atoms with van der Waals surface area (Å²) in [5.74, 6) is 1.62. The molecular formula is C15H25NO3. The average molecular weight is 267 g/mol. The minimum Gasteiger partial charge on any atom is -0.493 e. The van der Waals surface area contributed by atoms with Gasteiger partial charge in [-0.3, -0.25) is 0 Å². The summed E-state index contributed by atoms with van der Waals surface area (Å²) >= 11 is 0. The normalized spacial score (nSPS) is 10.5. The molecule has 0 radical (unpaired) electrons. The van der Waals surface area contributed by atoms with Crippen molar-refractivity contribution in [2.24, 2.45) is 0 Å². The van der Waals surface area contributed by atoms with Crippen molar-refractivity contribution in [2.75, 3.05) is 34.0 Å². The van der Waals surface area contributed by atoms with Gasteiger partial charge in [0.2, 0.25) is 0 Å². The topological polar surface area (TPSA) is 39.7 Å². The largest absolute Gasteiger partial charge is 0.493 e. The van der Waals surface area contributed by atoms with Gasteiger partial charge in [0, 0.05) is 32.2 Å². The summed E-state index contributed by atoms with van der Waals surface area (Å²) in [5, 5.41) is 3.38. The molecule has 0 aliphatic heterocycles. The molecule has 1 aromatic carbocycles. The van der Waals surface area contributed by atoms with E-state index >= 15 is 0 Å². The van der Waals surface area contributed by atoms with Crippen molar-refractivity contribution < 1.29 is 14.2 Å². The van der Waals surface area contributed by atoms with Crippen LogP contribution in [0.4, 0.5) is 0 Å². The van der Waals surface area contributed by atoms with Gasteiger partial charge in [0.15, 0.2) is 11.5 Å². The van der Waals surface area contributed by atoms with Crippen molar-refractivity contribution in [1.82, 2.24) is 5.32 Å². The van der Waals surface area contributed by atoms with Crippen LogP contribution in [-0.2, 0) is 11.3 Å². The van der Waals surface area contributed by atoms with E-state index in [0.29, 0.717) is 13.2 Å². The van der Waals surface area contributed by atoms with Crippen molar-refractivity contribution in [1.29, 1.82) is 0 Å². The van der Waals surface area contributed by atoms with Crippen LogP contribution < -0.4 is 14.8 Å². The Balaban J connectivity index is 2.66. The summed E-state index contributed by atoms with van der Waals surface area (Å²) < 4.78 is 16.2. The lowest BCUT2D eigenvalue weighted by atomic mass is 10.2. The zero-order valence-corrected chi connectivity index (χ0v) is 12.2. The molecule has 0 spiro atoms. The Morgan fingerprint density at radius 1 is 1.16 bits per heavy atom. The van der Waals surface area contributed by atoms with E-state index in [4.69, 9.17) is 14.2 Å². The van der Waals surface area contributed by atoms with Crippen molar-refractivity contribution in [3.05, 3.63) is 23.8 Å². The van der Waals surface area contributed by atoms with E-state index in [-0.39, 0.29) is 0 Å². The number of hydrogen-bond acceptors (Lipinski definition) is 4. The molecule has 1 aromatic rings. The Kier molecular flexibility index (Phi) is 8.02. The van der Waals surface area contributed by atoms with Crippen molar-refractivity contribution in [2.45, 2.75) is 26.3 Å². The zero-order chi connectivity index (χ0) is 13.9. The molecule has 4 nitrogen and oxygen atoms in total. The minimum atomic E-state index is 0.634. The fourth-order valence-corrected chi connectivity index (χ4v) is 1.80. The summed E-state index contributed by atoms with van der Waals surface area (Å²) in [6.07, 6.45) is 1.99. The third-order valence-electron chi connectivity index (χ3n) is 2.76. The lowest BCUT2D eigenvalue weighted by molar-refractivity contribution is 0.170. The number of rotatable bonds is 10. The molecule has 0 unspecified atom stereocenters. The van der Waals surface area contributed by atoms with Crippen LogP contribution in [0.25, 0.3) is 0 Å². The van der Waals surface area contributed by atoms with Crippen LogP contribution >= 0.6 is 0 Å². The summed E-state index contributed by atoms with van der Waals surface area (Å²) in [4.78, 5) is 0. The molecule has 19 heavy (non-hydrogen) atoms. The first kappa shape index (κ1) is 15.8. The summed E-state index contributed by atoms with van der Waals surface area (Å²) in [7, 11) is 3.36. The van der Waals surface area contributed by atoms with E-state index < -0.39 is 0 Å². The second-order valence-corrected chi connectivity index (χ2v) is 4.32. The molecule has 1 rings (SSSR count). The van der Waals surface area contributed by atoms with Crippen LogP contribution in [0.3, 0.4) is 0 Å². The lowest BCUT2D eigenvalue weighted by Gasteiger charge is -2.15. The highest BCUT2D eigenvalue weighted by Crippen LogP contribution is 2.31. The number of para-hydroxylation sites is 1. The molecule has 0 saturated carbocycles. The van der Waals surface area contributed by atoms with Gasteiger partial charge >= 0.3 is 0 Å². The van der Waals surface area contributed by atoms with Gasteiger partial charge in [-0.2, -0.15) is 0 Å². The molecule has 0 aromatic heterocycles. The highest BCUT2D eigenvalue weighted by Gasteiger charge is 2.10. The summed E-state index contributed by atoms with van der Waals surface area (Å²) in [6.45, 7) is 5.29. The summed E-state index contributed by atoms with van der Waals surface area (Å²) in [5.41, 5.74) is 1.13. The number of ether oxygens (including phenoxy) is 3. The second-order valence-electron chi connectivity index (χ2n) is 4.32. The quantitative estimate of drug-likeness (QED) is 0.661. The maximum atomic E-state index is 5.85. The van der Waals surface area contributed by atoms with E-state index in [1.54, 1.807) is 14.2 Å². The van der Waals surface area contributed by atoms with Gasteiger partial charge in [0.1, 0.15) is 0 Å². The van der Waals surface area contributed by atoms with Gasteiger partial charge in [0.05, 0.1) is 13.7 Å². The maximum absolute atomic E-state index is 5.85. The molecule has 0 heterocycles. The zero-order valence-electron chi connectivity index (χ0n) is 12.2. The number of methoxy groups -OCH3 is 2. The third kappa shape index (κ3) is 5.49. The van der Waals surface area contributed by atoms with Gasteiger partial charge in [-0.25, -0.2) is 0 Å². The highest BCUT2D eigenvalue weighted by molar-refractivity contribution is 5.46.